The molecule has 4 aromatic rings. The van der Waals surface area contributed by atoms with E-state index in [0.29, 0.717) is 34.8 Å². The Bertz CT molecular complexity index is 2050. The van der Waals surface area contributed by atoms with Crippen molar-refractivity contribution < 1.29 is 35.8 Å². The van der Waals surface area contributed by atoms with Crippen LogP contribution in [0.3, 0.4) is 0 Å². The maximum Gasteiger partial charge on any atom is 0.246 e. The molecule has 0 amide bonds. The van der Waals surface area contributed by atoms with Gasteiger partial charge in [-0.05, 0) is 36.4 Å². The number of sulfonamides is 1. The van der Waals surface area contributed by atoms with Gasteiger partial charge in [-0.25, -0.2) is 26.1 Å². The first-order chi connectivity index (χ1) is 23.1. The van der Waals surface area contributed by atoms with Gasteiger partial charge in [0.2, 0.25) is 21.9 Å². The third-order valence-corrected chi connectivity index (χ3v) is 12.2. The Balaban J connectivity index is 2.00. The lowest BCUT2D eigenvalue weighted by Crippen LogP contribution is -2.40. The Morgan fingerprint density at radius 2 is 1.57 bits per heavy atom. The third-order valence-electron chi connectivity index (χ3n) is 7.59. The summed E-state index contributed by atoms with van der Waals surface area (Å²) in [5, 5.41) is 18.3. The van der Waals surface area contributed by atoms with Crippen LogP contribution in [0.2, 0.25) is 25.7 Å². The second kappa shape index (κ2) is 14.9. The summed E-state index contributed by atoms with van der Waals surface area (Å²) in [4.78, 5) is 4.34. The molecule has 0 fully saturated rings. The molecule has 262 valence electrons. The Morgan fingerprint density at radius 1 is 0.918 bits per heavy atom. The third kappa shape index (κ3) is 8.39. The zero-order valence-electron chi connectivity index (χ0n) is 28.7. The predicted molar refractivity (Wildman–Crippen MR) is 188 cm³/mol. The number of aromatic nitrogens is 4. The molecule has 2 aromatic carbocycles. The van der Waals surface area contributed by atoms with Crippen molar-refractivity contribution in [3.63, 3.8) is 0 Å². The van der Waals surface area contributed by atoms with Crippen LogP contribution in [0.5, 0.6) is 17.4 Å². The molecule has 0 spiro atoms. The Kier molecular flexibility index (Phi) is 11.4. The van der Waals surface area contributed by atoms with Gasteiger partial charge in [-0.3, -0.25) is 4.57 Å². The average molecular weight is 729 g/mol. The van der Waals surface area contributed by atoms with Crippen molar-refractivity contribution in [1.82, 2.24) is 19.7 Å². The molecule has 17 heteroatoms. The van der Waals surface area contributed by atoms with Crippen molar-refractivity contribution in [2.45, 2.75) is 36.7 Å². The number of sulfone groups is 1. The van der Waals surface area contributed by atoms with Gasteiger partial charge in [0.05, 0.1) is 49.7 Å². The lowest BCUT2D eigenvalue weighted by Gasteiger charge is -2.29. The summed E-state index contributed by atoms with van der Waals surface area (Å²) in [6, 6.07) is 16.7. The van der Waals surface area contributed by atoms with Gasteiger partial charge in [-0.1, -0.05) is 37.8 Å². The molecule has 0 saturated heterocycles. The Labute approximate surface area is 288 Å². The second-order valence-corrected chi connectivity index (χ2v) is 21.8. The Morgan fingerprint density at radius 3 is 2.12 bits per heavy atom. The van der Waals surface area contributed by atoms with Gasteiger partial charge in [0, 0.05) is 39.6 Å². The van der Waals surface area contributed by atoms with Crippen molar-refractivity contribution in [3.8, 4) is 40.7 Å². The largest absolute Gasteiger partial charge is 0.494 e. The van der Waals surface area contributed by atoms with Crippen LogP contribution in [-0.4, -0.2) is 91.7 Å². The number of methoxy groups -OCH3 is 4. The first kappa shape index (κ1) is 37.3. The van der Waals surface area contributed by atoms with E-state index in [1.807, 2.05) is 6.07 Å². The van der Waals surface area contributed by atoms with E-state index in [-0.39, 0.29) is 34.3 Å². The topological polar surface area (TPSA) is 176 Å². The fourth-order valence-electron chi connectivity index (χ4n) is 5.07. The second-order valence-electron chi connectivity index (χ2n) is 12.3. The molecule has 0 aliphatic rings. The number of hydrogen-bond acceptors (Lipinski definition) is 12. The van der Waals surface area contributed by atoms with Gasteiger partial charge in [0.15, 0.2) is 15.7 Å². The minimum atomic E-state index is -4.37. The molecule has 0 bridgehead atoms. The van der Waals surface area contributed by atoms with E-state index in [4.69, 9.17) is 18.9 Å². The van der Waals surface area contributed by atoms with Gasteiger partial charge in [0.25, 0.3) is 0 Å². The molecule has 0 N–H and O–H groups in total. The van der Waals surface area contributed by atoms with E-state index in [1.165, 1.54) is 55.5 Å². The zero-order valence-corrected chi connectivity index (χ0v) is 31.3. The van der Waals surface area contributed by atoms with Crippen molar-refractivity contribution in [1.29, 1.82) is 5.26 Å². The lowest BCUT2D eigenvalue weighted by atomic mass is 10.1. The van der Waals surface area contributed by atoms with Crippen molar-refractivity contribution in [2.75, 3.05) is 51.3 Å². The number of anilines is 1. The smallest absolute Gasteiger partial charge is 0.246 e. The molecule has 0 aliphatic heterocycles. The zero-order chi connectivity index (χ0) is 36.1. The van der Waals surface area contributed by atoms with Crippen LogP contribution >= 0.6 is 0 Å². The molecule has 14 nitrogen and oxygen atoms in total. The fourth-order valence-corrected chi connectivity index (χ4v) is 8.71. The van der Waals surface area contributed by atoms with Gasteiger partial charge in [-0.2, -0.15) is 5.26 Å². The van der Waals surface area contributed by atoms with E-state index < -0.39 is 39.8 Å². The van der Waals surface area contributed by atoms with Crippen LogP contribution in [0.4, 0.5) is 5.95 Å². The molecule has 0 radical (unpaired) electrons. The predicted octanol–water partition coefficient (Wildman–Crippen LogP) is 4.49. The molecule has 1 atom stereocenters. The monoisotopic (exact) mass is 728 g/mol. The number of ether oxygens (including phenoxy) is 4. The summed E-state index contributed by atoms with van der Waals surface area (Å²) < 4.78 is 80.1. The van der Waals surface area contributed by atoms with E-state index in [0.717, 1.165) is 6.26 Å². The minimum absolute atomic E-state index is 0.0297. The summed E-state index contributed by atoms with van der Waals surface area (Å²) in [5.74, 6) is 0.440. The number of rotatable bonds is 15. The summed E-state index contributed by atoms with van der Waals surface area (Å²) in [6.45, 7) is 6.38. The molecule has 49 heavy (non-hydrogen) atoms. The number of benzene rings is 2. The van der Waals surface area contributed by atoms with E-state index in [1.54, 1.807) is 36.4 Å². The van der Waals surface area contributed by atoms with Crippen LogP contribution in [0.1, 0.15) is 17.2 Å². The Hall–Kier alpha value is -4.50. The quantitative estimate of drug-likeness (QED) is 0.157. The number of para-hydroxylation sites is 1. The first-order valence-corrected chi connectivity index (χ1v) is 22.2. The standard InChI is InChI=1S/C32H40N6O8S2Si/c1-43-25-12-10-13-26(44-2)30(25)38-31(24-11-9-14-29(34-24)46-4)35-36-32(38)37(17-18-49(6,7)8)48(41,42)21-27(45-3)23-16-15-22(20-33)19-28(23)47(5,39)40/h9-16,19,27H,17-18,21H2,1-8H3/t27-/m0/s1. The van der Waals surface area contributed by atoms with Crippen molar-refractivity contribution in [2.24, 2.45) is 0 Å². The number of pyridine rings is 1. The van der Waals surface area contributed by atoms with Crippen LogP contribution in [-0.2, 0) is 24.6 Å². The molecule has 2 aromatic heterocycles. The molecular formula is C32H40N6O8S2Si. The highest BCUT2D eigenvalue weighted by molar-refractivity contribution is 7.92. The molecule has 4 rings (SSSR count). The molecular weight excluding hydrogens is 689 g/mol. The van der Waals surface area contributed by atoms with Crippen LogP contribution in [0.25, 0.3) is 17.2 Å². The van der Waals surface area contributed by atoms with E-state index in [9.17, 15) is 22.1 Å². The normalized spacial score (nSPS) is 12.6. The van der Waals surface area contributed by atoms with E-state index in [2.05, 4.69) is 34.8 Å². The molecule has 0 aliphatic carbocycles. The molecule has 0 unspecified atom stereocenters. The highest BCUT2D eigenvalue weighted by atomic mass is 32.2. The number of nitrogens with zero attached hydrogens (tertiary/aromatic N) is 6. The fraction of sp³-hybridized carbons (Fsp3) is 0.375. The number of hydrogen-bond donors (Lipinski definition) is 0. The first-order valence-electron chi connectivity index (χ1n) is 15.0. The van der Waals surface area contributed by atoms with Gasteiger partial charge < -0.3 is 18.9 Å². The maximum absolute atomic E-state index is 14.7. The average Bonchev–Trinajstić information content (AvgIpc) is 3.49. The highest BCUT2D eigenvalue weighted by Gasteiger charge is 2.36. The van der Waals surface area contributed by atoms with Crippen LogP contribution < -0.4 is 18.5 Å². The summed E-state index contributed by atoms with van der Waals surface area (Å²) in [5.41, 5.74) is 0.872. The van der Waals surface area contributed by atoms with Gasteiger partial charge in [0.1, 0.15) is 22.9 Å². The summed E-state index contributed by atoms with van der Waals surface area (Å²) >= 11 is 0. The minimum Gasteiger partial charge on any atom is -0.494 e. The SMILES string of the molecule is COc1cccc(-c2nnc(N(CC[Si](C)(C)C)S(=O)(=O)C[C@H](OC)c3ccc(C#N)cc3S(C)(=O)=O)n2-c2c(OC)cccc2OC)n1. The van der Waals surface area contributed by atoms with Crippen LogP contribution in [0.15, 0.2) is 59.5 Å². The summed E-state index contributed by atoms with van der Waals surface area (Å²) in [7, 11) is -4.38. The lowest BCUT2D eigenvalue weighted by molar-refractivity contribution is 0.119. The van der Waals surface area contributed by atoms with Crippen molar-refractivity contribution >= 4 is 33.9 Å². The van der Waals surface area contributed by atoms with Gasteiger partial charge >= 0.3 is 0 Å². The summed E-state index contributed by atoms with van der Waals surface area (Å²) in [6.07, 6.45) is -0.236. The van der Waals surface area contributed by atoms with Crippen LogP contribution in [0, 0.1) is 11.3 Å². The van der Waals surface area contributed by atoms with Crippen molar-refractivity contribution in [3.05, 3.63) is 65.7 Å². The maximum atomic E-state index is 14.7. The molecule has 0 saturated carbocycles. The van der Waals surface area contributed by atoms with E-state index >= 15 is 0 Å². The highest BCUT2D eigenvalue weighted by Crippen LogP contribution is 2.39. The number of nitriles is 1. The molecule has 2 heterocycles. The van der Waals surface area contributed by atoms with Gasteiger partial charge in [-0.15, -0.1) is 10.2 Å².